The monoisotopic (exact) mass is 389 g/mol. The Kier molecular flexibility index (Phi) is 7.70. The van der Waals surface area contributed by atoms with E-state index in [2.05, 4.69) is 70.1 Å². The average Bonchev–Trinajstić information content (AvgIpc) is 2.75. The molecule has 1 fully saturated rings. The van der Waals surface area contributed by atoms with Crippen molar-refractivity contribution in [2.45, 2.75) is 39.5 Å². The lowest BCUT2D eigenvalue weighted by Gasteiger charge is -2.27. The van der Waals surface area contributed by atoms with Gasteiger partial charge < -0.3 is 5.32 Å². The molecule has 5 heteroatoms. The van der Waals surface area contributed by atoms with Crippen LogP contribution in [0, 0.1) is 0 Å². The van der Waals surface area contributed by atoms with E-state index in [4.69, 9.17) is 0 Å². The van der Waals surface area contributed by atoms with Gasteiger partial charge in [-0.1, -0.05) is 45.4 Å². The van der Waals surface area contributed by atoms with E-state index in [-0.39, 0.29) is 0 Å². The highest BCUT2D eigenvalue weighted by Crippen LogP contribution is 2.24. The molecule has 0 bridgehead atoms. The largest absolute Gasteiger partial charge is 0.343 e. The highest BCUT2D eigenvalue weighted by molar-refractivity contribution is 5.88. The Morgan fingerprint density at radius 1 is 1.07 bits per heavy atom. The van der Waals surface area contributed by atoms with Crippen LogP contribution in [0.15, 0.2) is 61.1 Å². The van der Waals surface area contributed by atoms with E-state index in [1.54, 1.807) is 6.20 Å². The van der Waals surface area contributed by atoms with Crippen LogP contribution in [0.3, 0.4) is 0 Å². The highest BCUT2D eigenvalue weighted by atomic mass is 15.2. The van der Waals surface area contributed by atoms with Gasteiger partial charge in [-0.3, -0.25) is 4.90 Å². The number of aromatic nitrogens is 3. The molecule has 3 heterocycles. The molecule has 1 saturated heterocycles. The molecule has 152 valence electrons. The Morgan fingerprint density at radius 3 is 2.59 bits per heavy atom. The first kappa shape index (κ1) is 20.9. The Morgan fingerprint density at radius 2 is 1.86 bits per heavy atom. The normalized spacial score (nSPS) is 14.1. The van der Waals surface area contributed by atoms with Crippen molar-refractivity contribution < 1.29 is 0 Å². The first-order valence-electron chi connectivity index (χ1n) is 10.5. The number of piperidine rings is 1. The molecular weight excluding hydrogens is 358 g/mol. The third-order valence-corrected chi connectivity index (χ3v) is 4.76. The van der Waals surface area contributed by atoms with Crippen LogP contribution in [0.4, 0.5) is 5.82 Å². The molecule has 0 amide bonds. The maximum absolute atomic E-state index is 4.52. The second-order valence-corrected chi connectivity index (χ2v) is 7.51. The Balaban J connectivity index is 0.000000755. The summed E-state index contributed by atoms with van der Waals surface area (Å²) < 4.78 is 0. The number of hydrogen-bond acceptors (Lipinski definition) is 5. The van der Waals surface area contributed by atoms with E-state index >= 15 is 0 Å². The predicted molar refractivity (Wildman–Crippen MR) is 122 cm³/mol. The maximum atomic E-state index is 4.52. The summed E-state index contributed by atoms with van der Waals surface area (Å²) in [5, 5.41) is 13.7. The van der Waals surface area contributed by atoms with Gasteiger partial charge in [0.05, 0.1) is 5.69 Å². The summed E-state index contributed by atoms with van der Waals surface area (Å²) in [6.45, 7) is 11.6. The number of rotatable bonds is 5. The van der Waals surface area contributed by atoms with Crippen molar-refractivity contribution in [3.63, 3.8) is 0 Å². The number of nitrogens with one attached hydrogen (secondary N) is 1. The van der Waals surface area contributed by atoms with Gasteiger partial charge in [0.2, 0.25) is 0 Å². The smallest absolute Gasteiger partial charge is 0.130 e. The number of anilines is 1. The van der Waals surface area contributed by atoms with Gasteiger partial charge in [-0.25, -0.2) is 4.98 Å². The fraction of sp³-hybridized carbons (Fsp3) is 0.375. The van der Waals surface area contributed by atoms with Crippen molar-refractivity contribution in [2.24, 2.45) is 0 Å². The Labute approximate surface area is 173 Å². The summed E-state index contributed by atoms with van der Waals surface area (Å²) in [6.07, 6.45) is 8.74. The molecule has 2 aromatic heterocycles. The Bertz CT molecular complexity index is 917. The van der Waals surface area contributed by atoms with Gasteiger partial charge in [-0.15, -0.1) is 0 Å². The average molecular weight is 390 g/mol. The van der Waals surface area contributed by atoms with Crippen LogP contribution in [0.1, 0.15) is 39.5 Å². The van der Waals surface area contributed by atoms with Gasteiger partial charge >= 0.3 is 0 Å². The fourth-order valence-electron chi connectivity index (χ4n) is 3.43. The lowest BCUT2D eigenvalue weighted by atomic mass is 10.1. The maximum Gasteiger partial charge on any atom is 0.130 e. The van der Waals surface area contributed by atoms with Crippen molar-refractivity contribution in [1.82, 2.24) is 20.1 Å². The molecule has 3 aromatic rings. The number of benzene rings is 1. The minimum Gasteiger partial charge on any atom is -0.343 e. The van der Waals surface area contributed by atoms with Crippen molar-refractivity contribution in [3.8, 4) is 11.3 Å². The van der Waals surface area contributed by atoms with Crippen LogP contribution in [0.5, 0.6) is 0 Å². The van der Waals surface area contributed by atoms with Gasteiger partial charge in [0.1, 0.15) is 5.82 Å². The second kappa shape index (κ2) is 10.7. The Hall–Kier alpha value is -2.79. The fourth-order valence-corrected chi connectivity index (χ4v) is 3.43. The van der Waals surface area contributed by atoms with E-state index in [1.165, 1.54) is 25.7 Å². The van der Waals surface area contributed by atoms with E-state index in [1.807, 2.05) is 18.3 Å². The van der Waals surface area contributed by atoms with Crippen LogP contribution in [-0.2, 0) is 0 Å². The quantitative estimate of drug-likeness (QED) is 0.623. The first-order valence-corrected chi connectivity index (χ1v) is 10.5. The summed E-state index contributed by atoms with van der Waals surface area (Å²) in [6, 6.07) is 12.2. The number of nitrogens with zero attached hydrogens (tertiary/aromatic N) is 4. The molecule has 4 rings (SSSR count). The molecule has 0 radical (unpaired) electrons. The number of likely N-dealkylation sites (tertiary alicyclic amines) is 1. The molecule has 1 aliphatic heterocycles. The zero-order valence-corrected chi connectivity index (χ0v) is 17.6. The van der Waals surface area contributed by atoms with Crippen LogP contribution < -0.4 is 5.32 Å². The molecule has 1 aromatic carbocycles. The van der Waals surface area contributed by atoms with Crippen molar-refractivity contribution in [3.05, 3.63) is 61.1 Å². The molecule has 5 nitrogen and oxygen atoms in total. The van der Waals surface area contributed by atoms with Crippen LogP contribution in [0.2, 0.25) is 0 Å². The third kappa shape index (κ3) is 6.09. The standard InChI is InChI=1S/C21H23N5.C3H8/c1-16(15-26-10-3-2-4-11-26)24-21-13-19-12-17(7-8-18(19)14-22-21)20-6-5-9-23-25-20;1-3-2/h5-9,12-14H,1-4,10-11,15H2,(H,22,24);3H2,1-2H3. The minimum atomic E-state index is 0.829. The highest BCUT2D eigenvalue weighted by Gasteiger charge is 2.11. The molecule has 29 heavy (non-hydrogen) atoms. The molecule has 0 unspecified atom stereocenters. The predicted octanol–water partition coefficient (Wildman–Crippen LogP) is 5.52. The molecular formula is C24H31N5. The van der Waals surface area contributed by atoms with E-state index in [9.17, 15) is 0 Å². The van der Waals surface area contributed by atoms with Crippen molar-refractivity contribution in [1.29, 1.82) is 0 Å². The molecule has 0 atom stereocenters. The zero-order chi connectivity index (χ0) is 20.5. The number of pyridine rings is 1. The number of hydrogen-bond donors (Lipinski definition) is 1. The summed E-state index contributed by atoms with van der Waals surface area (Å²) in [4.78, 5) is 6.97. The molecule has 0 aliphatic carbocycles. The molecule has 0 saturated carbocycles. The van der Waals surface area contributed by atoms with E-state index in [0.29, 0.717) is 0 Å². The first-order chi connectivity index (χ1) is 14.2. The van der Waals surface area contributed by atoms with Crippen LogP contribution in [0.25, 0.3) is 22.0 Å². The van der Waals surface area contributed by atoms with Gasteiger partial charge in [-0.05, 0) is 55.6 Å². The summed E-state index contributed by atoms with van der Waals surface area (Å²) in [5.74, 6) is 0.829. The zero-order valence-electron chi connectivity index (χ0n) is 17.6. The van der Waals surface area contributed by atoms with E-state index in [0.717, 1.165) is 53.2 Å². The topological polar surface area (TPSA) is 53.9 Å². The summed E-state index contributed by atoms with van der Waals surface area (Å²) in [7, 11) is 0. The number of fused-ring (bicyclic) bond motifs is 1. The van der Waals surface area contributed by atoms with Crippen molar-refractivity contribution in [2.75, 3.05) is 25.0 Å². The minimum absolute atomic E-state index is 0.829. The lowest BCUT2D eigenvalue weighted by Crippen LogP contribution is -2.32. The van der Waals surface area contributed by atoms with Gasteiger partial charge in [0.15, 0.2) is 0 Å². The molecule has 1 aliphatic rings. The third-order valence-electron chi connectivity index (χ3n) is 4.76. The SMILES string of the molecule is C=C(CN1CCCCC1)Nc1cc2cc(-c3cccnn3)ccc2cn1.CCC. The van der Waals surface area contributed by atoms with Crippen LogP contribution in [-0.4, -0.2) is 39.7 Å². The molecule has 0 spiro atoms. The van der Waals surface area contributed by atoms with Gasteiger partial charge in [-0.2, -0.15) is 10.2 Å². The molecule has 1 N–H and O–H groups in total. The van der Waals surface area contributed by atoms with E-state index < -0.39 is 0 Å². The van der Waals surface area contributed by atoms with Gasteiger partial charge in [0, 0.05) is 35.6 Å². The second-order valence-electron chi connectivity index (χ2n) is 7.51. The summed E-state index contributed by atoms with van der Waals surface area (Å²) in [5.41, 5.74) is 2.91. The van der Waals surface area contributed by atoms with Gasteiger partial charge in [0.25, 0.3) is 0 Å². The van der Waals surface area contributed by atoms with Crippen molar-refractivity contribution >= 4 is 16.6 Å². The van der Waals surface area contributed by atoms with Crippen LogP contribution >= 0.6 is 0 Å². The summed E-state index contributed by atoms with van der Waals surface area (Å²) >= 11 is 0. The lowest BCUT2D eigenvalue weighted by molar-refractivity contribution is 0.247.